The first kappa shape index (κ1) is 17.4. The maximum Gasteiger partial charge on any atom is 0.226 e. The summed E-state index contributed by atoms with van der Waals surface area (Å²) in [6.45, 7) is 4.48. The van der Waals surface area contributed by atoms with Crippen LogP contribution >= 0.6 is 0 Å². The van der Waals surface area contributed by atoms with Gasteiger partial charge in [0, 0.05) is 50.1 Å². The van der Waals surface area contributed by atoms with Gasteiger partial charge in [0.2, 0.25) is 11.8 Å². The Bertz CT molecular complexity index is 507. The van der Waals surface area contributed by atoms with Crippen molar-refractivity contribution in [2.45, 2.75) is 45.1 Å². The molecule has 1 aromatic heterocycles. The minimum atomic E-state index is -0.110. The molecule has 1 fully saturated rings. The molecule has 1 saturated heterocycles. The van der Waals surface area contributed by atoms with Gasteiger partial charge in [-0.05, 0) is 38.4 Å². The standard InChI is InChI=1S/C17H26N4O2/c1-14-4-2-3-12-21(14)13-8-16(22)19-11-7-17(23)20-15-5-9-18-10-6-15/h5-6,9-10,14H,2-4,7-8,11-13H2,1H3,(H,19,22)(H,18,20,23)/t14-/m0/s1. The highest BCUT2D eigenvalue weighted by atomic mass is 16.2. The van der Waals surface area contributed by atoms with Crippen LogP contribution in [0.2, 0.25) is 0 Å². The van der Waals surface area contributed by atoms with E-state index in [-0.39, 0.29) is 18.2 Å². The van der Waals surface area contributed by atoms with Gasteiger partial charge in [-0.1, -0.05) is 6.42 Å². The van der Waals surface area contributed by atoms with Gasteiger partial charge >= 0.3 is 0 Å². The van der Waals surface area contributed by atoms with E-state index in [1.807, 2.05) is 0 Å². The molecule has 23 heavy (non-hydrogen) atoms. The average molecular weight is 318 g/mol. The number of likely N-dealkylation sites (tertiary alicyclic amines) is 1. The molecule has 2 N–H and O–H groups in total. The molecule has 0 aliphatic carbocycles. The molecule has 1 aliphatic rings. The number of amides is 2. The first-order valence-corrected chi connectivity index (χ1v) is 8.36. The number of anilines is 1. The molecule has 0 bridgehead atoms. The van der Waals surface area contributed by atoms with Gasteiger partial charge in [0.15, 0.2) is 0 Å². The van der Waals surface area contributed by atoms with Crippen molar-refractivity contribution >= 4 is 17.5 Å². The van der Waals surface area contributed by atoms with E-state index in [2.05, 4.69) is 27.4 Å². The first-order valence-electron chi connectivity index (χ1n) is 8.36. The molecule has 126 valence electrons. The predicted molar refractivity (Wildman–Crippen MR) is 90.0 cm³/mol. The van der Waals surface area contributed by atoms with Crippen molar-refractivity contribution in [3.8, 4) is 0 Å². The van der Waals surface area contributed by atoms with Gasteiger partial charge in [-0.3, -0.25) is 14.6 Å². The van der Waals surface area contributed by atoms with Crippen LogP contribution in [0.1, 0.15) is 39.0 Å². The normalized spacial score (nSPS) is 18.4. The van der Waals surface area contributed by atoms with Crippen molar-refractivity contribution in [1.29, 1.82) is 0 Å². The Morgan fingerprint density at radius 2 is 2.00 bits per heavy atom. The third-order valence-electron chi connectivity index (χ3n) is 4.20. The van der Waals surface area contributed by atoms with Crippen molar-refractivity contribution in [3.05, 3.63) is 24.5 Å². The van der Waals surface area contributed by atoms with E-state index < -0.39 is 0 Å². The fraction of sp³-hybridized carbons (Fsp3) is 0.588. The second kappa shape index (κ2) is 9.25. The summed E-state index contributed by atoms with van der Waals surface area (Å²) in [7, 11) is 0. The van der Waals surface area contributed by atoms with Crippen LogP contribution in [0.5, 0.6) is 0 Å². The molecule has 2 heterocycles. The zero-order chi connectivity index (χ0) is 16.5. The summed E-state index contributed by atoms with van der Waals surface area (Å²) >= 11 is 0. The number of carbonyl (C=O) groups is 2. The number of nitrogens with zero attached hydrogens (tertiary/aromatic N) is 2. The summed E-state index contributed by atoms with van der Waals surface area (Å²) in [6.07, 6.45) is 7.75. The molecule has 0 spiro atoms. The van der Waals surface area contributed by atoms with Crippen LogP contribution in [-0.4, -0.2) is 47.4 Å². The van der Waals surface area contributed by atoms with Crippen molar-refractivity contribution in [3.63, 3.8) is 0 Å². The smallest absolute Gasteiger partial charge is 0.226 e. The molecular formula is C17H26N4O2. The SMILES string of the molecule is C[C@H]1CCCCN1CCC(=O)NCCC(=O)Nc1ccncc1. The molecule has 0 aromatic carbocycles. The summed E-state index contributed by atoms with van der Waals surface area (Å²) < 4.78 is 0. The molecule has 1 aromatic rings. The number of hydrogen-bond acceptors (Lipinski definition) is 4. The third kappa shape index (κ3) is 6.36. The largest absolute Gasteiger partial charge is 0.356 e. The van der Waals surface area contributed by atoms with E-state index in [9.17, 15) is 9.59 Å². The molecule has 2 amide bonds. The zero-order valence-electron chi connectivity index (χ0n) is 13.8. The highest BCUT2D eigenvalue weighted by Crippen LogP contribution is 2.16. The number of nitrogens with one attached hydrogen (secondary N) is 2. The highest BCUT2D eigenvalue weighted by Gasteiger charge is 2.18. The molecule has 0 radical (unpaired) electrons. The van der Waals surface area contributed by atoms with Crippen molar-refractivity contribution in [1.82, 2.24) is 15.2 Å². The van der Waals surface area contributed by atoms with Crippen molar-refractivity contribution < 1.29 is 9.59 Å². The molecule has 2 rings (SSSR count). The van der Waals surface area contributed by atoms with Gasteiger partial charge in [-0.2, -0.15) is 0 Å². The van der Waals surface area contributed by atoms with Crippen LogP contribution in [0, 0.1) is 0 Å². The van der Waals surface area contributed by atoms with E-state index >= 15 is 0 Å². The lowest BCUT2D eigenvalue weighted by Crippen LogP contribution is -2.40. The maximum atomic E-state index is 11.9. The molecule has 1 atom stereocenters. The molecule has 6 nitrogen and oxygen atoms in total. The molecule has 0 saturated carbocycles. The monoisotopic (exact) mass is 318 g/mol. The Morgan fingerprint density at radius 3 is 2.74 bits per heavy atom. The molecule has 0 unspecified atom stereocenters. The summed E-state index contributed by atoms with van der Waals surface area (Å²) in [5, 5.41) is 5.58. The second-order valence-corrected chi connectivity index (χ2v) is 6.01. The van der Waals surface area contributed by atoms with Crippen LogP contribution in [0.15, 0.2) is 24.5 Å². The predicted octanol–water partition coefficient (Wildman–Crippen LogP) is 1.79. The third-order valence-corrected chi connectivity index (χ3v) is 4.20. The van der Waals surface area contributed by atoms with E-state index in [4.69, 9.17) is 0 Å². The topological polar surface area (TPSA) is 74.3 Å². The van der Waals surface area contributed by atoms with Gasteiger partial charge in [0.05, 0.1) is 0 Å². The fourth-order valence-electron chi connectivity index (χ4n) is 2.80. The number of aromatic nitrogens is 1. The number of rotatable bonds is 7. The summed E-state index contributed by atoms with van der Waals surface area (Å²) in [5.74, 6) is -0.0966. The minimum absolute atomic E-state index is 0.0134. The Morgan fingerprint density at radius 1 is 1.22 bits per heavy atom. The fourth-order valence-corrected chi connectivity index (χ4v) is 2.80. The summed E-state index contributed by atoms with van der Waals surface area (Å²) in [6, 6.07) is 4.04. The average Bonchev–Trinajstić information content (AvgIpc) is 2.55. The number of piperidine rings is 1. The molecule has 6 heteroatoms. The van der Waals surface area contributed by atoms with Crippen LogP contribution in [0.25, 0.3) is 0 Å². The Hall–Kier alpha value is -1.95. The van der Waals surface area contributed by atoms with E-state index in [1.165, 1.54) is 19.3 Å². The van der Waals surface area contributed by atoms with Crippen LogP contribution < -0.4 is 10.6 Å². The van der Waals surface area contributed by atoms with Gasteiger partial charge in [0.1, 0.15) is 0 Å². The summed E-state index contributed by atoms with van der Waals surface area (Å²) in [4.78, 5) is 29.9. The van der Waals surface area contributed by atoms with Crippen LogP contribution in [0.3, 0.4) is 0 Å². The zero-order valence-corrected chi connectivity index (χ0v) is 13.8. The number of pyridine rings is 1. The highest BCUT2D eigenvalue weighted by molar-refractivity contribution is 5.91. The van der Waals surface area contributed by atoms with Crippen molar-refractivity contribution in [2.75, 3.05) is 25.0 Å². The Kier molecular flexibility index (Phi) is 7.00. The van der Waals surface area contributed by atoms with Crippen LogP contribution in [-0.2, 0) is 9.59 Å². The number of carbonyl (C=O) groups excluding carboxylic acids is 2. The minimum Gasteiger partial charge on any atom is -0.356 e. The second-order valence-electron chi connectivity index (χ2n) is 6.01. The lowest BCUT2D eigenvalue weighted by atomic mass is 10.0. The van der Waals surface area contributed by atoms with Gasteiger partial charge in [-0.25, -0.2) is 0 Å². The van der Waals surface area contributed by atoms with Crippen LogP contribution in [0.4, 0.5) is 5.69 Å². The lowest BCUT2D eigenvalue weighted by molar-refractivity contribution is -0.121. The number of hydrogen-bond donors (Lipinski definition) is 2. The van der Waals surface area contributed by atoms with E-state index in [0.29, 0.717) is 19.0 Å². The Balaban J connectivity index is 1.58. The van der Waals surface area contributed by atoms with E-state index in [1.54, 1.807) is 24.5 Å². The lowest BCUT2D eigenvalue weighted by Gasteiger charge is -2.33. The van der Waals surface area contributed by atoms with Gasteiger partial charge in [0.25, 0.3) is 0 Å². The van der Waals surface area contributed by atoms with E-state index in [0.717, 1.165) is 18.8 Å². The summed E-state index contributed by atoms with van der Waals surface area (Å²) in [5.41, 5.74) is 0.718. The maximum absolute atomic E-state index is 11.9. The van der Waals surface area contributed by atoms with Gasteiger partial charge < -0.3 is 15.5 Å². The first-order chi connectivity index (χ1) is 11.1. The van der Waals surface area contributed by atoms with Crippen molar-refractivity contribution in [2.24, 2.45) is 0 Å². The molecule has 1 aliphatic heterocycles. The molecular weight excluding hydrogens is 292 g/mol. The quantitative estimate of drug-likeness (QED) is 0.804. The van der Waals surface area contributed by atoms with Gasteiger partial charge in [-0.15, -0.1) is 0 Å². The Labute approximate surface area is 137 Å².